The number of rotatable bonds is 9. The van der Waals surface area contributed by atoms with Crippen LogP contribution in [0.3, 0.4) is 0 Å². The highest BCUT2D eigenvalue weighted by atomic mass is 16.5. The highest BCUT2D eigenvalue weighted by Gasteiger charge is 2.22. The van der Waals surface area contributed by atoms with Crippen molar-refractivity contribution in [1.82, 2.24) is 0 Å². The van der Waals surface area contributed by atoms with E-state index in [0.717, 1.165) is 70.0 Å². The van der Waals surface area contributed by atoms with E-state index in [1.165, 1.54) is 0 Å². The van der Waals surface area contributed by atoms with Gasteiger partial charge in [0.15, 0.2) is 5.78 Å². The van der Waals surface area contributed by atoms with E-state index in [4.69, 9.17) is 4.74 Å². The molecule has 2 nitrogen and oxygen atoms in total. The average molecular weight is 401 g/mol. The number of ether oxygens (including phenoxy) is 1. The molecule has 0 aromatic heterocycles. The highest BCUT2D eigenvalue weighted by molar-refractivity contribution is 6.33. The second kappa shape index (κ2) is 10.2. The number of ketones is 1. The lowest BCUT2D eigenvalue weighted by atomic mass is 9.87. The molecule has 0 radical (unpaired) electrons. The maximum absolute atomic E-state index is 13.9. The Morgan fingerprint density at radius 2 is 1.57 bits per heavy atom. The number of hydrogen-bond acceptors (Lipinski definition) is 2. The molecule has 3 rings (SSSR count). The van der Waals surface area contributed by atoms with Gasteiger partial charge in [-0.25, -0.2) is 0 Å². The summed E-state index contributed by atoms with van der Waals surface area (Å²) in [6.07, 6.45) is 4.05. The third kappa shape index (κ3) is 4.64. The standard InChI is InChI=1S/C28H32O2/c1-5-7-12-20(3)27(23-16-11-18-26(21(23)4)30-19-6-2)28(29)25-17-10-14-22-13-8-9-15-24(22)25/h8-11,13-18H,5-7,12,19H2,1-4H3/b27-20+. The van der Waals surface area contributed by atoms with Gasteiger partial charge >= 0.3 is 0 Å². The lowest BCUT2D eigenvalue weighted by Crippen LogP contribution is -2.09. The monoisotopic (exact) mass is 400 g/mol. The van der Waals surface area contributed by atoms with Crippen LogP contribution < -0.4 is 4.74 Å². The molecule has 0 spiro atoms. The van der Waals surface area contributed by atoms with Crippen molar-refractivity contribution in [3.05, 3.63) is 82.9 Å². The highest BCUT2D eigenvalue weighted by Crippen LogP contribution is 2.34. The molecule has 2 heteroatoms. The molecule has 0 aliphatic rings. The Morgan fingerprint density at radius 1 is 0.867 bits per heavy atom. The number of fused-ring (bicyclic) bond motifs is 1. The van der Waals surface area contributed by atoms with Crippen LogP contribution in [0.25, 0.3) is 16.3 Å². The lowest BCUT2D eigenvalue weighted by Gasteiger charge is -2.18. The maximum atomic E-state index is 13.9. The predicted octanol–water partition coefficient (Wildman–Crippen LogP) is 7.78. The van der Waals surface area contributed by atoms with Crippen LogP contribution in [0.1, 0.15) is 67.9 Å². The van der Waals surface area contributed by atoms with Crippen LogP contribution in [0.4, 0.5) is 0 Å². The van der Waals surface area contributed by atoms with Gasteiger partial charge in [0.2, 0.25) is 0 Å². The van der Waals surface area contributed by atoms with Gasteiger partial charge in [0.1, 0.15) is 5.75 Å². The fourth-order valence-electron chi connectivity index (χ4n) is 3.92. The molecule has 0 unspecified atom stereocenters. The number of benzene rings is 3. The van der Waals surface area contributed by atoms with Crippen molar-refractivity contribution in [1.29, 1.82) is 0 Å². The molecular weight excluding hydrogens is 368 g/mol. The van der Waals surface area contributed by atoms with Crippen LogP contribution in [0.2, 0.25) is 0 Å². The van der Waals surface area contributed by atoms with Gasteiger partial charge in [-0.3, -0.25) is 4.79 Å². The SMILES string of the molecule is CCCC/C(C)=C(/C(=O)c1cccc2ccccc12)c1cccc(OCCC)c1C. The van der Waals surface area contributed by atoms with Crippen LogP contribution in [0.15, 0.2) is 66.2 Å². The minimum atomic E-state index is 0.0937. The summed E-state index contributed by atoms with van der Waals surface area (Å²) in [5.41, 5.74) is 4.74. The summed E-state index contributed by atoms with van der Waals surface area (Å²) in [6, 6.07) is 20.1. The van der Waals surface area contributed by atoms with Crippen LogP contribution >= 0.6 is 0 Å². The molecule has 0 heterocycles. The fourth-order valence-corrected chi connectivity index (χ4v) is 3.92. The first kappa shape index (κ1) is 21.8. The van der Waals surface area contributed by atoms with Gasteiger partial charge in [0.25, 0.3) is 0 Å². The molecule has 0 aliphatic carbocycles. The zero-order valence-corrected chi connectivity index (χ0v) is 18.6. The molecule has 0 aliphatic heterocycles. The molecule has 3 aromatic carbocycles. The average Bonchev–Trinajstić information content (AvgIpc) is 2.77. The molecular formula is C28H32O2. The molecule has 0 N–H and O–H groups in total. The van der Waals surface area contributed by atoms with E-state index >= 15 is 0 Å². The van der Waals surface area contributed by atoms with E-state index in [1.54, 1.807) is 0 Å². The van der Waals surface area contributed by atoms with Crippen LogP contribution in [-0.2, 0) is 0 Å². The van der Waals surface area contributed by atoms with Crippen molar-refractivity contribution < 1.29 is 9.53 Å². The number of allylic oxidation sites excluding steroid dienone is 2. The third-order valence-electron chi connectivity index (χ3n) is 5.61. The zero-order chi connectivity index (χ0) is 21.5. The molecule has 0 amide bonds. The summed E-state index contributed by atoms with van der Waals surface area (Å²) in [5, 5.41) is 2.09. The summed E-state index contributed by atoms with van der Waals surface area (Å²) in [4.78, 5) is 13.9. The first-order valence-corrected chi connectivity index (χ1v) is 11.0. The van der Waals surface area contributed by atoms with Crippen molar-refractivity contribution >= 4 is 22.1 Å². The molecule has 0 bridgehead atoms. The minimum absolute atomic E-state index is 0.0937. The van der Waals surface area contributed by atoms with E-state index in [-0.39, 0.29) is 5.78 Å². The normalized spacial score (nSPS) is 12.0. The third-order valence-corrected chi connectivity index (χ3v) is 5.61. The number of Topliss-reactive ketones (excluding diaryl/α,β-unsaturated/α-hetero) is 1. The summed E-state index contributed by atoms with van der Waals surface area (Å²) in [5.74, 6) is 0.956. The van der Waals surface area contributed by atoms with Crippen molar-refractivity contribution in [2.24, 2.45) is 0 Å². The molecule has 0 atom stereocenters. The van der Waals surface area contributed by atoms with Crippen molar-refractivity contribution in [2.75, 3.05) is 6.61 Å². The van der Waals surface area contributed by atoms with E-state index in [1.807, 2.05) is 42.5 Å². The predicted molar refractivity (Wildman–Crippen MR) is 127 cm³/mol. The quantitative estimate of drug-likeness (QED) is 0.271. The summed E-state index contributed by atoms with van der Waals surface area (Å²) in [6.45, 7) is 9.12. The summed E-state index contributed by atoms with van der Waals surface area (Å²) >= 11 is 0. The fraction of sp³-hybridized carbons (Fsp3) is 0.321. The Bertz CT molecular complexity index is 1050. The van der Waals surface area contributed by atoms with Crippen molar-refractivity contribution in [2.45, 2.75) is 53.4 Å². The molecule has 30 heavy (non-hydrogen) atoms. The van der Waals surface area contributed by atoms with E-state index in [0.29, 0.717) is 6.61 Å². The summed E-state index contributed by atoms with van der Waals surface area (Å²) < 4.78 is 5.96. The van der Waals surface area contributed by atoms with Gasteiger partial charge in [-0.2, -0.15) is 0 Å². The number of carbonyl (C=O) groups excluding carboxylic acids is 1. The van der Waals surface area contributed by atoms with Gasteiger partial charge in [-0.15, -0.1) is 0 Å². The smallest absolute Gasteiger partial charge is 0.194 e. The van der Waals surface area contributed by atoms with Gasteiger partial charge in [-0.05, 0) is 61.1 Å². The van der Waals surface area contributed by atoms with Crippen LogP contribution in [-0.4, -0.2) is 12.4 Å². The Kier molecular flexibility index (Phi) is 7.46. The number of unbranched alkanes of at least 4 members (excludes halogenated alkanes) is 1. The van der Waals surface area contributed by atoms with E-state index in [9.17, 15) is 4.79 Å². The second-order valence-corrected chi connectivity index (χ2v) is 7.89. The van der Waals surface area contributed by atoms with Gasteiger partial charge in [-0.1, -0.05) is 80.4 Å². The minimum Gasteiger partial charge on any atom is -0.493 e. The first-order valence-electron chi connectivity index (χ1n) is 11.0. The Hall–Kier alpha value is -2.87. The topological polar surface area (TPSA) is 26.3 Å². The van der Waals surface area contributed by atoms with Crippen LogP contribution in [0.5, 0.6) is 5.75 Å². The van der Waals surface area contributed by atoms with E-state index in [2.05, 4.69) is 45.9 Å². The first-order chi connectivity index (χ1) is 14.6. The number of hydrogen-bond donors (Lipinski definition) is 0. The molecule has 0 saturated carbocycles. The number of carbonyl (C=O) groups is 1. The van der Waals surface area contributed by atoms with Crippen molar-refractivity contribution in [3.63, 3.8) is 0 Å². The molecule has 0 fully saturated rings. The zero-order valence-electron chi connectivity index (χ0n) is 18.6. The van der Waals surface area contributed by atoms with E-state index < -0.39 is 0 Å². The van der Waals surface area contributed by atoms with Crippen LogP contribution in [0, 0.1) is 6.92 Å². The largest absolute Gasteiger partial charge is 0.493 e. The van der Waals surface area contributed by atoms with Gasteiger partial charge in [0, 0.05) is 11.1 Å². The summed E-state index contributed by atoms with van der Waals surface area (Å²) in [7, 11) is 0. The maximum Gasteiger partial charge on any atom is 0.194 e. The Morgan fingerprint density at radius 3 is 2.33 bits per heavy atom. The van der Waals surface area contributed by atoms with Crippen molar-refractivity contribution in [3.8, 4) is 5.75 Å². The molecule has 3 aromatic rings. The Balaban J connectivity index is 2.16. The Labute approximate surface area is 180 Å². The van der Waals surface area contributed by atoms with Gasteiger partial charge < -0.3 is 4.74 Å². The second-order valence-electron chi connectivity index (χ2n) is 7.89. The lowest BCUT2D eigenvalue weighted by molar-refractivity contribution is 0.105. The molecule has 156 valence electrons. The van der Waals surface area contributed by atoms with Gasteiger partial charge in [0.05, 0.1) is 6.61 Å². The molecule has 0 saturated heterocycles.